The summed E-state index contributed by atoms with van der Waals surface area (Å²) in [4.78, 5) is 16.8. The molecule has 0 radical (unpaired) electrons. The maximum absolute atomic E-state index is 14.1. The first-order valence-corrected chi connectivity index (χ1v) is 9.68. The van der Waals surface area contributed by atoms with E-state index in [-0.39, 0.29) is 11.4 Å². The van der Waals surface area contributed by atoms with E-state index in [1.54, 1.807) is 35.5 Å². The number of amides is 1. The molecule has 4 rings (SSSR count). The Kier molecular flexibility index (Phi) is 4.76. The molecule has 0 aliphatic heterocycles. The predicted octanol–water partition coefficient (Wildman–Crippen LogP) is 2.71. The van der Waals surface area contributed by atoms with Gasteiger partial charge in [0.15, 0.2) is 5.01 Å². The van der Waals surface area contributed by atoms with E-state index in [1.807, 2.05) is 6.07 Å². The minimum Gasteiger partial charge on any atom is -0.495 e. The van der Waals surface area contributed by atoms with Crippen molar-refractivity contribution in [3.63, 3.8) is 0 Å². The maximum atomic E-state index is 14.1. The van der Waals surface area contributed by atoms with Crippen LogP contribution in [0.3, 0.4) is 0 Å². The summed E-state index contributed by atoms with van der Waals surface area (Å²) in [6.45, 7) is 0. The molecule has 3 aromatic heterocycles. The smallest absolute Gasteiger partial charge is 0.280 e. The molecule has 3 aromatic rings. The van der Waals surface area contributed by atoms with Crippen LogP contribution in [0.2, 0.25) is 0 Å². The number of carbonyl (C=O) groups excluding carboxylic acids is 1. The highest BCUT2D eigenvalue weighted by Crippen LogP contribution is 2.33. The molecule has 1 saturated carbocycles. The number of ether oxygens (including phenoxy) is 1. The van der Waals surface area contributed by atoms with Gasteiger partial charge in [-0.15, -0.1) is 11.3 Å². The van der Waals surface area contributed by atoms with Crippen LogP contribution in [0.1, 0.15) is 29.1 Å². The number of hydrogen-bond donors (Lipinski definition) is 2. The molecule has 148 valence electrons. The molecule has 0 bridgehead atoms. The van der Waals surface area contributed by atoms with Crippen LogP contribution in [0.15, 0.2) is 29.9 Å². The zero-order valence-corrected chi connectivity index (χ0v) is 15.9. The van der Waals surface area contributed by atoms with E-state index in [0.717, 1.165) is 22.4 Å². The molecule has 10 heteroatoms. The van der Waals surface area contributed by atoms with Gasteiger partial charge in [0.2, 0.25) is 0 Å². The van der Waals surface area contributed by atoms with Crippen LogP contribution in [-0.2, 0) is 0 Å². The van der Waals surface area contributed by atoms with Crippen molar-refractivity contribution in [3.05, 3.63) is 34.9 Å². The van der Waals surface area contributed by atoms with Crippen LogP contribution >= 0.6 is 11.3 Å². The van der Waals surface area contributed by atoms with Gasteiger partial charge in [0.1, 0.15) is 11.8 Å². The van der Waals surface area contributed by atoms with Gasteiger partial charge in [-0.05, 0) is 25.0 Å². The van der Waals surface area contributed by atoms with Crippen molar-refractivity contribution in [2.75, 3.05) is 7.11 Å². The lowest BCUT2D eigenvalue weighted by Gasteiger charge is -2.36. The van der Waals surface area contributed by atoms with Gasteiger partial charge < -0.3 is 15.8 Å². The van der Waals surface area contributed by atoms with E-state index in [4.69, 9.17) is 10.5 Å². The number of nitrogens with two attached hydrogens (primary N) is 1. The normalized spacial score (nSPS) is 21.6. The predicted molar refractivity (Wildman–Crippen MR) is 101 cm³/mol. The van der Waals surface area contributed by atoms with Crippen LogP contribution in [0, 0.1) is 0 Å². The second kappa shape index (κ2) is 7.10. The number of carbonyl (C=O) groups is 1. The fraction of sp³-hybridized carbons (Fsp3) is 0.389. The Labute approximate surface area is 163 Å². The molecule has 1 aliphatic carbocycles. The van der Waals surface area contributed by atoms with Crippen LogP contribution in [0.5, 0.6) is 5.75 Å². The number of hydrogen-bond acceptors (Lipinski definition) is 6. The lowest BCUT2D eigenvalue weighted by Crippen LogP contribution is -2.59. The van der Waals surface area contributed by atoms with Crippen LogP contribution in [-0.4, -0.2) is 45.6 Å². The first kappa shape index (κ1) is 18.8. The Balaban J connectivity index is 1.57. The van der Waals surface area contributed by atoms with E-state index < -0.39 is 23.9 Å². The number of alkyl halides is 2. The zero-order valence-electron chi connectivity index (χ0n) is 15.1. The standard InChI is InChI=1S/C18H19F2N5O2S/c1-27-10-4-5-14-11(7-22-25(14)8-10)13-9-28-17(23-13)16(26)24-15-12(21)3-2-6-18(15,19)20/h4-5,7-9,12,15H,2-3,6,21H2,1H3,(H,24,26)/t12-,15+/m0/s1. The minimum atomic E-state index is -3.02. The van der Waals surface area contributed by atoms with Crippen molar-refractivity contribution in [2.45, 2.75) is 37.3 Å². The molecule has 3 N–H and O–H groups in total. The van der Waals surface area contributed by atoms with Crippen molar-refractivity contribution in [1.29, 1.82) is 0 Å². The Morgan fingerprint density at radius 1 is 1.46 bits per heavy atom. The number of aromatic nitrogens is 3. The summed E-state index contributed by atoms with van der Waals surface area (Å²) in [6, 6.07) is 1.47. The minimum absolute atomic E-state index is 0.108. The summed E-state index contributed by atoms with van der Waals surface area (Å²) in [5.41, 5.74) is 7.89. The topological polar surface area (TPSA) is 94.5 Å². The first-order valence-electron chi connectivity index (χ1n) is 8.80. The van der Waals surface area contributed by atoms with E-state index in [9.17, 15) is 13.6 Å². The van der Waals surface area contributed by atoms with Gasteiger partial charge in [0, 0.05) is 23.4 Å². The largest absolute Gasteiger partial charge is 0.495 e. The molecule has 1 aliphatic rings. The third kappa shape index (κ3) is 3.33. The molecule has 7 nitrogen and oxygen atoms in total. The number of nitrogens with one attached hydrogen (secondary N) is 1. The fourth-order valence-electron chi connectivity index (χ4n) is 3.41. The van der Waals surface area contributed by atoms with Crippen molar-refractivity contribution in [2.24, 2.45) is 5.73 Å². The molecular formula is C18H19F2N5O2S. The third-order valence-electron chi connectivity index (χ3n) is 4.92. The Bertz CT molecular complexity index is 1020. The lowest BCUT2D eigenvalue weighted by atomic mass is 9.87. The summed E-state index contributed by atoms with van der Waals surface area (Å²) >= 11 is 1.09. The van der Waals surface area contributed by atoms with Gasteiger partial charge in [-0.3, -0.25) is 4.79 Å². The number of nitrogens with zero attached hydrogens (tertiary/aromatic N) is 3. The van der Waals surface area contributed by atoms with E-state index in [2.05, 4.69) is 15.4 Å². The molecule has 0 saturated heterocycles. The maximum Gasteiger partial charge on any atom is 0.280 e. The van der Waals surface area contributed by atoms with Crippen LogP contribution < -0.4 is 15.8 Å². The number of thiazole rings is 1. The first-order chi connectivity index (χ1) is 13.4. The average molecular weight is 407 g/mol. The summed E-state index contributed by atoms with van der Waals surface area (Å²) in [5.74, 6) is -3.00. The highest BCUT2D eigenvalue weighted by atomic mass is 32.1. The zero-order chi connectivity index (χ0) is 19.9. The SMILES string of the molecule is COc1ccc2c(-c3csc(C(=O)N[C@@H]4[C@@H](N)CCCC4(F)F)n3)cnn2c1. The second-order valence-corrected chi connectivity index (χ2v) is 7.62. The third-order valence-corrected chi connectivity index (χ3v) is 5.76. The summed E-state index contributed by atoms with van der Waals surface area (Å²) in [5, 5.41) is 8.46. The molecule has 1 amide bonds. The van der Waals surface area contributed by atoms with Crippen molar-refractivity contribution in [3.8, 4) is 17.0 Å². The number of pyridine rings is 1. The van der Waals surface area contributed by atoms with Gasteiger partial charge in [-0.2, -0.15) is 5.10 Å². The molecular weight excluding hydrogens is 388 g/mol. The average Bonchev–Trinajstić information content (AvgIpc) is 3.30. The van der Waals surface area contributed by atoms with Gasteiger partial charge in [0.05, 0.1) is 30.7 Å². The molecule has 28 heavy (non-hydrogen) atoms. The molecule has 0 aromatic carbocycles. The summed E-state index contributed by atoms with van der Waals surface area (Å²) in [7, 11) is 1.57. The molecule has 0 spiro atoms. The van der Waals surface area contributed by atoms with Gasteiger partial charge in [-0.25, -0.2) is 18.3 Å². The molecule has 0 unspecified atom stereocenters. The van der Waals surface area contributed by atoms with Gasteiger partial charge in [0.25, 0.3) is 11.8 Å². The van der Waals surface area contributed by atoms with E-state index in [0.29, 0.717) is 24.3 Å². The molecule has 2 atom stereocenters. The number of methoxy groups -OCH3 is 1. The van der Waals surface area contributed by atoms with Crippen molar-refractivity contribution >= 4 is 22.8 Å². The quantitative estimate of drug-likeness (QED) is 0.694. The Morgan fingerprint density at radius 2 is 2.29 bits per heavy atom. The Morgan fingerprint density at radius 3 is 3.04 bits per heavy atom. The van der Waals surface area contributed by atoms with Gasteiger partial charge in [-0.1, -0.05) is 0 Å². The second-order valence-electron chi connectivity index (χ2n) is 6.76. The molecule has 3 heterocycles. The van der Waals surface area contributed by atoms with Crippen molar-refractivity contribution in [1.82, 2.24) is 19.9 Å². The molecule has 1 fully saturated rings. The monoisotopic (exact) mass is 407 g/mol. The van der Waals surface area contributed by atoms with Gasteiger partial charge >= 0.3 is 0 Å². The van der Waals surface area contributed by atoms with Crippen LogP contribution in [0.4, 0.5) is 8.78 Å². The summed E-state index contributed by atoms with van der Waals surface area (Å²) < 4.78 is 35.1. The van der Waals surface area contributed by atoms with Crippen molar-refractivity contribution < 1.29 is 18.3 Å². The van der Waals surface area contributed by atoms with Crippen LogP contribution in [0.25, 0.3) is 16.8 Å². The lowest BCUT2D eigenvalue weighted by molar-refractivity contribution is -0.0674. The highest BCUT2D eigenvalue weighted by molar-refractivity contribution is 7.12. The highest BCUT2D eigenvalue weighted by Gasteiger charge is 2.46. The Hall–Kier alpha value is -2.59. The fourth-order valence-corrected chi connectivity index (χ4v) is 4.13. The van der Waals surface area contributed by atoms with E-state index in [1.165, 1.54) is 0 Å². The number of fused-ring (bicyclic) bond motifs is 1. The number of halogens is 2. The summed E-state index contributed by atoms with van der Waals surface area (Å²) in [6.07, 6.45) is 3.89. The van der Waals surface area contributed by atoms with E-state index >= 15 is 0 Å². The number of rotatable bonds is 4.